The summed E-state index contributed by atoms with van der Waals surface area (Å²) in [6.07, 6.45) is -8.47. The second-order valence-electron chi connectivity index (χ2n) is 7.37. The first-order valence-corrected chi connectivity index (χ1v) is 10.7. The highest BCUT2D eigenvalue weighted by Crippen LogP contribution is 2.36. The molecular weight excluding hydrogens is 495 g/mol. The van der Waals surface area contributed by atoms with E-state index in [1.165, 1.54) is 30.5 Å². The number of rotatable bonds is 10. The van der Waals surface area contributed by atoms with E-state index in [1.54, 1.807) is 30.3 Å². The van der Waals surface area contributed by atoms with Crippen molar-refractivity contribution >= 4 is 17.7 Å². The van der Waals surface area contributed by atoms with Crippen LogP contribution in [0, 0.1) is 0 Å². The number of aromatic nitrogens is 1. The Morgan fingerprint density at radius 3 is 2.43 bits per heavy atom. The highest BCUT2D eigenvalue weighted by molar-refractivity contribution is 6.30. The van der Waals surface area contributed by atoms with Crippen molar-refractivity contribution in [3.8, 4) is 5.75 Å². The fraction of sp³-hybridized carbons (Fsp3) is 0.250. The maximum atomic E-state index is 13.6. The van der Waals surface area contributed by atoms with Gasteiger partial charge in [0.1, 0.15) is 24.6 Å². The lowest BCUT2D eigenvalue weighted by Crippen LogP contribution is -2.49. The Morgan fingerprint density at radius 1 is 1.06 bits per heavy atom. The van der Waals surface area contributed by atoms with Crippen molar-refractivity contribution < 1.29 is 36.2 Å². The Morgan fingerprint density at radius 2 is 1.80 bits per heavy atom. The van der Waals surface area contributed by atoms with Crippen LogP contribution in [-0.4, -0.2) is 36.9 Å². The smallest absolute Gasteiger partial charge is 0.447 e. The predicted molar refractivity (Wildman–Crippen MR) is 119 cm³/mol. The fourth-order valence-corrected chi connectivity index (χ4v) is 3.53. The van der Waals surface area contributed by atoms with Crippen LogP contribution < -0.4 is 10.1 Å². The quantitative estimate of drug-likeness (QED) is 0.329. The van der Waals surface area contributed by atoms with E-state index >= 15 is 0 Å². The number of pyridine rings is 1. The van der Waals surface area contributed by atoms with Crippen molar-refractivity contribution in [2.75, 3.05) is 13.3 Å². The number of nitrogens with one attached hydrogen (secondary N) is 1. The Labute approximate surface area is 202 Å². The number of benzene rings is 2. The predicted octanol–water partition coefficient (Wildman–Crippen LogP) is 6.15. The Bertz CT molecular complexity index is 1120. The van der Waals surface area contributed by atoms with Crippen LogP contribution in [0.1, 0.15) is 16.8 Å². The Kier molecular flexibility index (Phi) is 8.50. The molecule has 2 aromatic carbocycles. The van der Waals surface area contributed by atoms with Gasteiger partial charge in [0.15, 0.2) is 0 Å². The monoisotopic (exact) mass is 514 g/mol. The minimum Gasteiger partial charge on any atom is -0.447 e. The lowest BCUT2D eigenvalue weighted by atomic mass is 9.80. The molecule has 11 heteroatoms. The molecule has 0 radical (unpaired) electrons. The number of amides is 1. The van der Waals surface area contributed by atoms with Crippen LogP contribution in [0.3, 0.4) is 0 Å². The highest BCUT2D eigenvalue weighted by Gasteiger charge is 2.44. The van der Waals surface area contributed by atoms with E-state index in [0.717, 1.165) is 12.1 Å². The number of halogens is 6. The minimum absolute atomic E-state index is 0.0297. The van der Waals surface area contributed by atoms with Gasteiger partial charge in [0, 0.05) is 12.6 Å². The third kappa shape index (κ3) is 6.60. The molecule has 1 aromatic heterocycles. The molecule has 0 aliphatic heterocycles. The number of ether oxygens (including phenoxy) is 2. The number of hydrogen-bond acceptors (Lipinski definition) is 4. The summed E-state index contributed by atoms with van der Waals surface area (Å²) in [5.74, 6) is -0.571. The van der Waals surface area contributed by atoms with Crippen molar-refractivity contribution in [2.24, 2.45) is 0 Å². The van der Waals surface area contributed by atoms with Crippen LogP contribution in [-0.2, 0) is 16.7 Å². The molecule has 5 nitrogen and oxygen atoms in total. The number of nitrogens with zero attached hydrogens (tertiary/aromatic N) is 1. The lowest BCUT2D eigenvalue weighted by molar-refractivity contribution is -0.253. The highest BCUT2D eigenvalue weighted by atomic mass is 35.5. The molecule has 3 aromatic rings. The summed E-state index contributed by atoms with van der Waals surface area (Å²) in [6.45, 7) is -1.45. The summed E-state index contributed by atoms with van der Waals surface area (Å²) >= 11 is 5.98. The van der Waals surface area contributed by atoms with Crippen LogP contribution >= 0.6 is 11.6 Å². The molecule has 1 amide bonds. The van der Waals surface area contributed by atoms with E-state index < -0.39 is 43.2 Å². The van der Waals surface area contributed by atoms with Crippen molar-refractivity contribution in [1.29, 1.82) is 0 Å². The van der Waals surface area contributed by atoms with E-state index in [4.69, 9.17) is 16.3 Å². The Balaban J connectivity index is 2.17. The first-order valence-electron chi connectivity index (χ1n) is 10.3. The van der Waals surface area contributed by atoms with Gasteiger partial charge < -0.3 is 14.8 Å². The van der Waals surface area contributed by atoms with Crippen molar-refractivity contribution in [2.45, 2.75) is 24.5 Å². The van der Waals surface area contributed by atoms with E-state index in [0.29, 0.717) is 5.56 Å². The summed E-state index contributed by atoms with van der Waals surface area (Å²) in [7, 11) is 0. The summed E-state index contributed by atoms with van der Waals surface area (Å²) in [6, 6.07) is 16.7. The van der Waals surface area contributed by atoms with Crippen LogP contribution in [0.15, 0.2) is 72.9 Å². The maximum absolute atomic E-state index is 13.6. The van der Waals surface area contributed by atoms with Gasteiger partial charge in [0.05, 0.1) is 10.7 Å². The molecule has 0 saturated heterocycles. The molecule has 1 heterocycles. The number of carbonyl (C=O) groups is 1. The van der Waals surface area contributed by atoms with Crippen molar-refractivity contribution in [3.05, 3.63) is 94.8 Å². The van der Waals surface area contributed by atoms with Crippen molar-refractivity contribution in [3.63, 3.8) is 0 Å². The molecule has 0 aliphatic rings. The fourth-order valence-electron chi connectivity index (χ4n) is 3.42. The van der Waals surface area contributed by atoms with E-state index in [-0.39, 0.29) is 22.7 Å². The normalized spacial score (nSPS) is 13.2. The third-order valence-electron chi connectivity index (χ3n) is 4.94. The van der Waals surface area contributed by atoms with Gasteiger partial charge >= 0.3 is 18.6 Å². The van der Waals surface area contributed by atoms with Gasteiger partial charge in [-0.05, 0) is 35.4 Å². The standard InChI is InChI=1S/C24H20ClF5N2O3/c25-18-9-10-20(31-15-18)23(32-22(33)34-12-11-26,14-16-5-2-1-3-6-16)17-7-4-8-19(13-17)35-24(29,30)21(27)28/h1-10,13,15,21H,11-12,14H2,(H,32,33)/t23-/m0/s1. The number of hydrogen-bond donors (Lipinski definition) is 1. The number of alkyl halides is 5. The minimum atomic E-state index is -4.74. The number of alkyl carbamates (subject to hydrolysis) is 1. The van der Waals surface area contributed by atoms with Gasteiger partial charge in [-0.2, -0.15) is 17.6 Å². The van der Waals surface area contributed by atoms with Gasteiger partial charge in [-0.25, -0.2) is 9.18 Å². The first-order chi connectivity index (χ1) is 16.7. The first kappa shape index (κ1) is 26.2. The zero-order valence-corrected chi connectivity index (χ0v) is 18.8. The molecule has 0 bridgehead atoms. The summed E-state index contributed by atoms with van der Waals surface area (Å²) < 4.78 is 74.4. The van der Waals surface area contributed by atoms with Crippen LogP contribution in [0.2, 0.25) is 5.02 Å². The molecule has 3 rings (SSSR count). The topological polar surface area (TPSA) is 60.5 Å². The molecular formula is C24H20ClF5N2O3. The molecule has 1 atom stereocenters. The molecule has 0 saturated carbocycles. The SMILES string of the molecule is O=C(N[C@@](Cc1ccccc1)(c1cccc(OC(F)(F)C(F)F)c1)c1ccc(Cl)cn1)OCCF. The van der Waals surface area contributed by atoms with Gasteiger partial charge in [-0.3, -0.25) is 4.98 Å². The zero-order valence-electron chi connectivity index (χ0n) is 18.1. The van der Waals surface area contributed by atoms with E-state index in [1.807, 2.05) is 0 Å². The van der Waals surface area contributed by atoms with E-state index in [9.17, 15) is 26.7 Å². The summed E-state index contributed by atoms with van der Waals surface area (Å²) in [5, 5.41) is 2.94. The van der Waals surface area contributed by atoms with Gasteiger partial charge in [0.25, 0.3) is 0 Å². The third-order valence-corrected chi connectivity index (χ3v) is 5.16. The molecule has 1 N–H and O–H groups in total. The number of carbonyl (C=O) groups excluding carboxylic acids is 1. The molecule has 186 valence electrons. The van der Waals surface area contributed by atoms with Crippen LogP contribution in [0.4, 0.5) is 26.7 Å². The van der Waals surface area contributed by atoms with Gasteiger partial charge in [0.2, 0.25) is 0 Å². The molecule has 0 spiro atoms. The van der Waals surface area contributed by atoms with Gasteiger partial charge in [-0.1, -0.05) is 54.1 Å². The molecule has 0 aliphatic carbocycles. The average Bonchev–Trinajstić information content (AvgIpc) is 2.83. The average molecular weight is 515 g/mol. The van der Waals surface area contributed by atoms with Crippen LogP contribution in [0.25, 0.3) is 0 Å². The molecule has 0 fully saturated rings. The lowest BCUT2D eigenvalue weighted by Gasteiger charge is -2.35. The molecule has 0 unspecified atom stereocenters. The van der Waals surface area contributed by atoms with Crippen LogP contribution in [0.5, 0.6) is 5.75 Å². The largest absolute Gasteiger partial charge is 0.461 e. The van der Waals surface area contributed by atoms with E-state index in [2.05, 4.69) is 15.0 Å². The Hall–Kier alpha value is -3.40. The van der Waals surface area contributed by atoms with Crippen molar-refractivity contribution in [1.82, 2.24) is 10.3 Å². The summed E-state index contributed by atoms with van der Waals surface area (Å²) in [4.78, 5) is 16.9. The van der Waals surface area contributed by atoms with Gasteiger partial charge in [-0.15, -0.1) is 0 Å². The second kappa shape index (κ2) is 11.4. The molecule has 35 heavy (non-hydrogen) atoms. The summed E-state index contributed by atoms with van der Waals surface area (Å²) in [5.41, 5.74) is -0.491. The zero-order chi connectivity index (χ0) is 25.5. The maximum Gasteiger partial charge on any atom is 0.461 e. The second-order valence-corrected chi connectivity index (χ2v) is 7.81.